The Morgan fingerprint density at radius 1 is 1.44 bits per heavy atom. The fourth-order valence-electron chi connectivity index (χ4n) is 2.43. The number of rotatable bonds is 2. The second-order valence-corrected chi connectivity index (χ2v) is 4.93. The van der Waals surface area contributed by atoms with Crippen molar-refractivity contribution in [2.45, 2.75) is 13.8 Å². The molecule has 18 heavy (non-hydrogen) atoms. The molecule has 0 radical (unpaired) electrons. The van der Waals surface area contributed by atoms with E-state index in [1.165, 1.54) is 0 Å². The molecule has 0 aromatic carbocycles. The number of carboxylic acid groups (broad SMARTS) is 1. The van der Waals surface area contributed by atoms with Gasteiger partial charge < -0.3 is 10.0 Å². The van der Waals surface area contributed by atoms with Crippen LogP contribution in [0.5, 0.6) is 0 Å². The Labute approximate surface area is 105 Å². The van der Waals surface area contributed by atoms with E-state index in [0.29, 0.717) is 17.8 Å². The van der Waals surface area contributed by atoms with Crippen molar-refractivity contribution in [2.24, 2.45) is 18.9 Å². The van der Waals surface area contributed by atoms with E-state index < -0.39 is 11.9 Å². The molecule has 1 aliphatic rings. The van der Waals surface area contributed by atoms with Gasteiger partial charge in [0.1, 0.15) is 0 Å². The summed E-state index contributed by atoms with van der Waals surface area (Å²) in [7, 11) is 1.76. The van der Waals surface area contributed by atoms with Gasteiger partial charge in [-0.15, -0.1) is 0 Å². The van der Waals surface area contributed by atoms with E-state index >= 15 is 0 Å². The Balaban J connectivity index is 2.17. The van der Waals surface area contributed by atoms with Crippen molar-refractivity contribution < 1.29 is 14.7 Å². The average Bonchev–Trinajstić information content (AvgIpc) is 2.81. The normalized spacial score (nSPS) is 23.4. The summed E-state index contributed by atoms with van der Waals surface area (Å²) < 4.78 is 1.59. The van der Waals surface area contributed by atoms with E-state index in [0.717, 1.165) is 0 Å². The zero-order valence-electron chi connectivity index (χ0n) is 10.8. The average molecular weight is 251 g/mol. The molecule has 2 heterocycles. The largest absolute Gasteiger partial charge is 0.481 e. The minimum atomic E-state index is -0.833. The molecule has 1 aromatic heterocycles. The number of carboxylic acids is 1. The summed E-state index contributed by atoms with van der Waals surface area (Å²) in [5, 5.41) is 13.2. The van der Waals surface area contributed by atoms with Crippen molar-refractivity contribution in [2.75, 3.05) is 13.1 Å². The van der Waals surface area contributed by atoms with E-state index in [-0.39, 0.29) is 18.4 Å². The molecule has 0 saturated carbocycles. The lowest BCUT2D eigenvalue weighted by Crippen LogP contribution is -2.30. The lowest BCUT2D eigenvalue weighted by atomic mass is 9.99. The molecule has 1 aromatic rings. The van der Waals surface area contributed by atoms with Crippen LogP contribution >= 0.6 is 0 Å². The number of hydrogen-bond donors (Lipinski definition) is 1. The van der Waals surface area contributed by atoms with Crippen LogP contribution in [-0.2, 0) is 11.8 Å². The fourth-order valence-corrected chi connectivity index (χ4v) is 2.43. The second-order valence-electron chi connectivity index (χ2n) is 4.93. The van der Waals surface area contributed by atoms with Crippen LogP contribution in [0.15, 0.2) is 6.20 Å². The minimum Gasteiger partial charge on any atom is -0.481 e. The number of nitrogens with zero attached hydrogens (tertiary/aromatic N) is 3. The maximum absolute atomic E-state index is 12.3. The van der Waals surface area contributed by atoms with Crippen LogP contribution in [-0.4, -0.2) is 44.8 Å². The van der Waals surface area contributed by atoms with Crippen molar-refractivity contribution >= 4 is 11.9 Å². The standard InChI is InChI=1S/C12H17N3O3/c1-7-4-15(6-9(7)12(17)18)11(16)10-5-14(3)13-8(10)2/h5,7,9H,4,6H2,1-3H3,(H,17,18)/t7-,9-/m1/s1. The third-order valence-electron chi connectivity index (χ3n) is 3.46. The van der Waals surface area contributed by atoms with Crippen molar-refractivity contribution in [3.63, 3.8) is 0 Å². The predicted molar refractivity (Wildman–Crippen MR) is 64.1 cm³/mol. The monoisotopic (exact) mass is 251 g/mol. The Morgan fingerprint density at radius 2 is 2.11 bits per heavy atom. The maximum Gasteiger partial charge on any atom is 0.308 e. The summed E-state index contributed by atoms with van der Waals surface area (Å²) in [6.45, 7) is 4.41. The topological polar surface area (TPSA) is 75.4 Å². The number of carbonyl (C=O) groups excluding carboxylic acids is 1. The van der Waals surface area contributed by atoms with E-state index in [2.05, 4.69) is 5.10 Å². The Kier molecular flexibility index (Phi) is 3.11. The predicted octanol–water partition coefficient (Wildman–Crippen LogP) is 0.521. The van der Waals surface area contributed by atoms with E-state index in [9.17, 15) is 9.59 Å². The number of aromatic nitrogens is 2. The van der Waals surface area contributed by atoms with Crippen LogP contribution in [0.4, 0.5) is 0 Å². The highest BCUT2D eigenvalue weighted by molar-refractivity contribution is 5.95. The number of likely N-dealkylation sites (tertiary alicyclic amines) is 1. The molecule has 6 nitrogen and oxygen atoms in total. The SMILES string of the molecule is Cc1nn(C)cc1C(=O)N1C[C@@H](C)[C@H](C(=O)O)C1. The molecule has 1 saturated heterocycles. The van der Waals surface area contributed by atoms with Gasteiger partial charge in [-0.25, -0.2) is 0 Å². The van der Waals surface area contributed by atoms with E-state index in [1.807, 2.05) is 6.92 Å². The minimum absolute atomic E-state index is 0.0107. The first-order valence-electron chi connectivity index (χ1n) is 5.92. The number of aliphatic carboxylic acids is 1. The molecular weight excluding hydrogens is 234 g/mol. The molecule has 0 unspecified atom stereocenters. The van der Waals surface area contributed by atoms with Gasteiger partial charge in [0.15, 0.2) is 0 Å². The van der Waals surface area contributed by atoms with E-state index in [1.54, 1.807) is 29.7 Å². The first-order valence-corrected chi connectivity index (χ1v) is 5.92. The lowest BCUT2D eigenvalue weighted by molar-refractivity contribution is -0.142. The third-order valence-corrected chi connectivity index (χ3v) is 3.46. The first kappa shape index (κ1) is 12.6. The van der Waals surface area contributed by atoms with Gasteiger partial charge in [-0.1, -0.05) is 6.92 Å². The van der Waals surface area contributed by atoms with Crippen molar-refractivity contribution in [3.05, 3.63) is 17.5 Å². The van der Waals surface area contributed by atoms with Gasteiger partial charge in [-0.2, -0.15) is 5.10 Å². The van der Waals surface area contributed by atoms with Crippen molar-refractivity contribution in [3.8, 4) is 0 Å². The maximum atomic E-state index is 12.3. The van der Waals surface area contributed by atoms with E-state index in [4.69, 9.17) is 5.11 Å². The summed E-state index contributed by atoms with van der Waals surface area (Å²) in [6, 6.07) is 0. The van der Waals surface area contributed by atoms with Gasteiger partial charge >= 0.3 is 5.97 Å². The van der Waals surface area contributed by atoms with Crippen LogP contribution in [0, 0.1) is 18.8 Å². The molecule has 2 atom stereocenters. The Bertz CT molecular complexity index is 495. The van der Waals surface area contributed by atoms with Crippen LogP contribution < -0.4 is 0 Å². The molecule has 2 rings (SSSR count). The summed E-state index contributed by atoms with van der Waals surface area (Å²) >= 11 is 0. The lowest BCUT2D eigenvalue weighted by Gasteiger charge is -2.15. The Morgan fingerprint density at radius 3 is 2.56 bits per heavy atom. The molecular formula is C12H17N3O3. The summed E-state index contributed by atoms with van der Waals surface area (Å²) in [5.41, 5.74) is 1.23. The quantitative estimate of drug-likeness (QED) is 0.831. The third kappa shape index (κ3) is 2.10. The molecule has 6 heteroatoms. The summed E-state index contributed by atoms with van der Waals surface area (Å²) in [5.74, 6) is -1.44. The highest BCUT2D eigenvalue weighted by Gasteiger charge is 2.37. The number of carbonyl (C=O) groups is 2. The zero-order valence-corrected chi connectivity index (χ0v) is 10.8. The molecule has 0 aliphatic carbocycles. The van der Waals surface area contributed by atoms with Crippen LogP contribution in [0.2, 0.25) is 0 Å². The molecule has 1 N–H and O–H groups in total. The fraction of sp³-hybridized carbons (Fsp3) is 0.583. The second kappa shape index (κ2) is 4.44. The summed E-state index contributed by atoms with van der Waals surface area (Å²) in [4.78, 5) is 24.9. The van der Waals surface area contributed by atoms with Gasteiger partial charge in [0.2, 0.25) is 0 Å². The Hall–Kier alpha value is -1.85. The van der Waals surface area contributed by atoms with Crippen molar-refractivity contribution in [1.82, 2.24) is 14.7 Å². The van der Waals surface area contributed by atoms with Crippen molar-refractivity contribution in [1.29, 1.82) is 0 Å². The highest BCUT2D eigenvalue weighted by atomic mass is 16.4. The zero-order chi connectivity index (χ0) is 13.4. The molecule has 98 valence electrons. The number of aryl methyl sites for hydroxylation is 2. The summed E-state index contributed by atoms with van der Waals surface area (Å²) in [6.07, 6.45) is 1.68. The molecule has 1 amide bonds. The van der Waals surface area contributed by atoms with Gasteiger partial charge in [0, 0.05) is 26.3 Å². The molecule has 0 spiro atoms. The van der Waals surface area contributed by atoms with Crippen LogP contribution in [0.1, 0.15) is 23.0 Å². The molecule has 1 aliphatic heterocycles. The van der Waals surface area contributed by atoms with Gasteiger partial charge in [-0.3, -0.25) is 14.3 Å². The first-order chi connectivity index (χ1) is 8.40. The highest BCUT2D eigenvalue weighted by Crippen LogP contribution is 2.25. The van der Waals surface area contributed by atoms with Gasteiger partial charge in [-0.05, 0) is 12.8 Å². The van der Waals surface area contributed by atoms with Gasteiger partial charge in [0.25, 0.3) is 5.91 Å². The number of amides is 1. The molecule has 0 bridgehead atoms. The van der Waals surface area contributed by atoms with Gasteiger partial charge in [0.05, 0.1) is 17.2 Å². The van der Waals surface area contributed by atoms with Crippen LogP contribution in [0.3, 0.4) is 0 Å². The van der Waals surface area contributed by atoms with Crippen LogP contribution in [0.25, 0.3) is 0 Å². The molecule has 1 fully saturated rings. The smallest absolute Gasteiger partial charge is 0.308 e. The number of hydrogen-bond acceptors (Lipinski definition) is 3.